The number of para-hydroxylation sites is 3. The summed E-state index contributed by atoms with van der Waals surface area (Å²) in [6.07, 6.45) is 0. The van der Waals surface area contributed by atoms with Crippen LogP contribution in [-0.2, 0) is 0 Å². The number of hydrogen-bond donors (Lipinski definition) is 0. The zero-order chi connectivity index (χ0) is 28.1. The summed E-state index contributed by atoms with van der Waals surface area (Å²) in [5.41, 5.74) is 8.90. The Morgan fingerprint density at radius 1 is 0.326 bits per heavy atom. The normalized spacial score (nSPS) is 12.2. The third-order valence-electron chi connectivity index (χ3n) is 9.06. The second kappa shape index (κ2) is 8.37. The fraction of sp³-hybridized carbons (Fsp3) is 0. The quantitative estimate of drug-likeness (QED) is 0.211. The Bertz CT molecular complexity index is 2720. The van der Waals surface area contributed by atoms with E-state index in [9.17, 15) is 0 Å². The lowest BCUT2D eigenvalue weighted by Gasteiger charge is -2.10. The number of hydrogen-bond acceptors (Lipinski definition) is 1. The Morgan fingerprint density at radius 2 is 0.930 bits per heavy atom. The largest absolute Gasteiger partial charge is 0.456 e. The fourth-order valence-corrected chi connectivity index (χ4v) is 7.15. The van der Waals surface area contributed by atoms with Crippen molar-refractivity contribution in [1.82, 2.24) is 9.13 Å². The van der Waals surface area contributed by atoms with Crippen molar-refractivity contribution in [3.05, 3.63) is 146 Å². The lowest BCUT2D eigenvalue weighted by atomic mass is 10.0. The van der Waals surface area contributed by atoms with Crippen molar-refractivity contribution >= 4 is 76.3 Å². The number of fused-ring (bicyclic) bond motifs is 10. The van der Waals surface area contributed by atoms with E-state index in [1.807, 2.05) is 12.1 Å². The number of aromatic nitrogens is 2. The SMILES string of the molecule is c1ccc(-n2c3cc4ccccc4cc3c3cc4c5ccccc5n(-c5ccc6oc7ccccc7c6c5)c4cc32)cc1. The molecule has 0 spiro atoms. The predicted molar refractivity (Wildman–Crippen MR) is 180 cm³/mol. The van der Waals surface area contributed by atoms with E-state index in [1.165, 1.54) is 54.4 Å². The van der Waals surface area contributed by atoms with Gasteiger partial charge in [-0.2, -0.15) is 0 Å². The van der Waals surface area contributed by atoms with Gasteiger partial charge >= 0.3 is 0 Å². The molecule has 10 rings (SSSR count). The maximum atomic E-state index is 6.18. The first-order chi connectivity index (χ1) is 21.3. The van der Waals surface area contributed by atoms with Crippen molar-refractivity contribution in [3.63, 3.8) is 0 Å². The highest BCUT2D eigenvalue weighted by molar-refractivity contribution is 6.21. The van der Waals surface area contributed by atoms with Gasteiger partial charge in [0.05, 0.1) is 22.1 Å². The minimum absolute atomic E-state index is 0.907. The molecule has 0 aliphatic rings. The van der Waals surface area contributed by atoms with E-state index in [2.05, 4.69) is 143 Å². The molecule has 10 aromatic rings. The monoisotopic (exact) mass is 548 g/mol. The fourth-order valence-electron chi connectivity index (χ4n) is 7.15. The van der Waals surface area contributed by atoms with E-state index in [0.717, 1.165) is 33.3 Å². The lowest BCUT2D eigenvalue weighted by Crippen LogP contribution is -1.95. The molecule has 43 heavy (non-hydrogen) atoms. The van der Waals surface area contributed by atoms with Gasteiger partial charge in [-0.15, -0.1) is 0 Å². The zero-order valence-corrected chi connectivity index (χ0v) is 23.2. The Hall–Kier alpha value is -5.80. The van der Waals surface area contributed by atoms with E-state index < -0.39 is 0 Å². The standard InChI is InChI=1S/C40H24N2O/c1-2-12-27(13-3-1)41-36-21-26-11-5-4-10-25(26)20-31(36)33-23-32-29-14-6-8-16-35(29)42(37(32)24-38(33)41)28-18-19-40-34(22-28)30-15-7-9-17-39(30)43-40/h1-24H. The Balaban J connectivity index is 1.37. The van der Waals surface area contributed by atoms with Crippen molar-refractivity contribution in [1.29, 1.82) is 0 Å². The molecule has 200 valence electrons. The molecule has 3 aromatic heterocycles. The van der Waals surface area contributed by atoms with E-state index in [-0.39, 0.29) is 0 Å². The average molecular weight is 549 g/mol. The first-order valence-corrected chi connectivity index (χ1v) is 14.7. The molecule has 0 radical (unpaired) electrons. The molecular weight excluding hydrogens is 524 g/mol. The van der Waals surface area contributed by atoms with Crippen LogP contribution < -0.4 is 0 Å². The van der Waals surface area contributed by atoms with Gasteiger partial charge in [0.15, 0.2) is 0 Å². The smallest absolute Gasteiger partial charge is 0.135 e. The van der Waals surface area contributed by atoms with Gasteiger partial charge in [-0.05, 0) is 77.5 Å². The molecule has 0 bridgehead atoms. The van der Waals surface area contributed by atoms with Gasteiger partial charge in [0, 0.05) is 43.7 Å². The third-order valence-corrected chi connectivity index (χ3v) is 9.06. The summed E-state index contributed by atoms with van der Waals surface area (Å²) >= 11 is 0. The highest BCUT2D eigenvalue weighted by atomic mass is 16.3. The van der Waals surface area contributed by atoms with Crippen molar-refractivity contribution in [2.45, 2.75) is 0 Å². The van der Waals surface area contributed by atoms with Crippen molar-refractivity contribution < 1.29 is 4.42 Å². The van der Waals surface area contributed by atoms with Gasteiger partial charge in [-0.3, -0.25) is 0 Å². The van der Waals surface area contributed by atoms with Crippen LogP contribution in [0.25, 0.3) is 87.7 Å². The molecule has 0 amide bonds. The molecule has 0 saturated heterocycles. The lowest BCUT2D eigenvalue weighted by molar-refractivity contribution is 0.669. The highest BCUT2D eigenvalue weighted by Gasteiger charge is 2.19. The summed E-state index contributed by atoms with van der Waals surface area (Å²) in [6.45, 7) is 0. The molecular formula is C40H24N2O. The van der Waals surface area contributed by atoms with E-state index in [0.29, 0.717) is 0 Å². The maximum absolute atomic E-state index is 6.18. The molecule has 0 saturated carbocycles. The van der Waals surface area contributed by atoms with E-state index in [4.69, 9.17) is 4.42 Å². The number of nitrogens with zero attached hydrogens (tertiary/aromatic N) is 2. The van der Waals surface area contributed by atoms with Crippen LogP contribution >= 0.6 is 0 Å². The van der Waals surface area contributed by atoms with Gasteiger partial charge < -0.3 is 13.6 Å². The zero-order valence-electron chi connectivity index (χ0n) is 23.2. The van der Waals surface area contributed by atoms with Crippen LogP contribution in [0, 0.1) is 0 Å². The molecule has 0 aliphatic heterocycles. The Labute approximate surface area is 246 Å². The summed E-state index contributed by atoms with van der Waals surface area (Å²) in [4.78, 5) is 0. The topological polar surface area (TPSA) is 23.0 Å². The minimum atomic E-state index is 0.907. The van der Waals surface area contributed by atoms with Crippen molar-refractivity contribution in [3.8, 4) is 11.4 Å². The highest BCUT2D eigenvalue weighted by Crippen LogP contribution is 2.41. The van der Waals surface area contributed by atoms with Crippen molar-refractivity contribution in [2.75, 3.05) is 0 Å². The summed E-state index contributed by atoms with van der Waals surface area (Å²) in [7, 11) is 0. The molecule has 3 heteroatoms. The second-order valence-electron chi connectivity index (χ2n) is 11.4. The molecule has 0 atom stereocenters. The summed E-state index contributed by atoms with van der Waals surface area (Å²) in [6, 6.07) is 52.5. The number of rotatable bonds is 2. The number of benzene rings is 7. The van der Waals surface area contributed by atoms with Crippen LogP contribution in [-0.4, -0.2) is 9.13 Å². The Kier molecular flexibility index (Phi) is 4.45. The third kappa shape index (κ3) is 3.14. The second-order valence-corrected chi connectivity index (χ2v) is 11.4. The maximum Gasteiger partial charge on any atom is 0.135 e. The summed E-state index contributed by atoms with van der Waals surface area (Å²) < 4.78 is 11.0. The molecule has 0 fully saturated rings. The van der Waals surface area contributed by atoms with Gasteiger partial charge in [0.1, 0.15) is 11.2 Å². The van der Waals surface area contributed by atoms with E-state index >= 15 is 0 Å². The average Bonchev–Trinajstić information content (AvgIpc) is 3.70. The van der Waals surface area contributed by atoms with Gasteiger partial charge in [-0.25, -0.2) is 0 Å². The first kappa shape index (κ1) is 22.8. The van der Waals surface area contributed by atoms with Crippen LogP contribution in [0.15, 0.2) is 150 Å². The van der Waals surface area contributed by atoms with Gasteiger partial charge in [-0.1, -0.05) is 78.9 Å². The molecule has 0 aliphatic carbocycles. The van der Waals surface area contributed by atoms with Crippen LogP contribution in [0.4, 0.5) is 0 Å². The van der Waals surface area contributed by atoms with Crippen LogP contribution in [0.1, 0.15) is 0 Å². The first-order valence-electron chi connectivity index (χ1n) is 14.7. The molecule has 3 nitrogen and oxygen atoms in total. The van der Waals surface area contributed by atoms with Gasteiger partial charge in [0.2, 0.25) is 0 Å². The molecule has 7 aromatic carbocycles. The van der Waals surface area contributed by atoms with Gasteiger partial charge in [0.25, 0.3) is 0 Å². The summed E-state index contributed by atoms with van der Waals surface area (Å²) in [5, 5.41) is 9.79. The number of furan rings is 1. The van der Waals surface area contributed by atoms with Crippen LogP contribution in [0.3, 0.4) is 0 Å². The van der Waals surface area contributed by atoms with E-state index in [1.54, 1.807) is 0 Å². The predicted octanol–water partition coefficient (Wildman–Crippen LogP) is 10.9. The van der Waals surface area contributed by atoms with Crippen molar-refractivity contribution in [2.24, 2.45) is 0 Å². The minimum Gasteiger partial charge on any atom is -0.456 e. The molecule has 0 N–H and O–H groups in total. The van der Waals surface area contributed by atoms with Crippen LogP contribution in [0.5, 0.6) is 0 Å². The Morgan fingerprint density at radius 3 is 1.79 bits per heavy atom. The summed E-state index contributed by atoms with van der Waals surface area (Å²) in [5.74, 6) is 0. The molecule has 0 unspecified atom stereocenters. The molecule has 3 heterocycles. The van der Waals surface area contributed by atoms with Crippen LogP contribution in [0.2, 0.25) is 0 Å².